The van der Waals surface area contributed by atoms with Gasteiger partial charge in [0.05, 0.1) is 13.2 Å². The van der Waals surface area contributed by atoms with Crippen LogP contribution >= 0.6 is 0 Å². The minimum absolute atomic E-state index is 0.742. The summed E-state index contributed by atoms with van der Waals surface area (Å²) in [4.78, 5) is 4.43. The molecule has 1 aromatic heterocycles. The Balaban J connectivity index is 2.05. The Morgan fingerprint density at radius 1 is 0.778 bits per heavy atom. The van der Waals surface area contributed by atoms with Gasteiger partial charge in [-0.3, -0.25) is 4.98 Å². The van der Waals surface area contributed by atoms with E-state index in [-0.39, 0.29) is 0 Å². The number of rotatable bonds is 13. The third-order valence-electron chi connectivity index (χ3n) is 4.70. The summed E-state index contributed by atoms with van der Waals surface area (Å²) in [7, 11) is 0. The van der Waals surface area contributed by atoms with Gasteiger partial charge in [-0.2, -0.15) is 0 Å². The molecule has 0 bridgehead atoms. The Hall–Kier alpha value is -2.03. The number of aryl methyl sites for hydroxylation is 1. The maximum absolute atomic E-state index is 6.15. The van der Waals surface area contributed by atoms with Crippen molar-refractivity contribution in [1.82, 2.24) is 4.98 Å². The van der Waals surface area contributed by atoms with Gasteiger partial charge in [-0.25, -0.2) is 0 Å². The van der Waals surface area contributed by atoms with Gasteiger partial charge in [0.2, 0.25) is 0 Å². The van der Waals surface area contributed by atoms with Crippen LogP contribution in [0.5, 0.6) is 11.5 Å². The van der Waals surface area contributed by atoms with Crippen molar-refractivity contribution in [2.24, 2.45) is 0 Å². The zero-order valence-electron chi connectivity index (χ0n) is 17.3. The molecule has 0 atom stereocenters. The zero-order chi connectivity index (χ0) is 19.3. The standard InChI is InChI=1S/C24H35NO2/c1-4-6-8-10-16-26-22-14-15-23(21-13-12-20(3)25-19-21)24(18-22)27-17-11-9-7-5-2/h12-15,18-19H,4-11,16-17H2,1-3H3. The van der Waals surface area contributed by atoms with Gasteiger partial charge in [0.15, 0.2) is 0 Å². The molecule has 1 aromatic carbocycles. The third kappa shape index (κ3) is 7.62. The molecule has 2 aromatic rings. The number of unbranched alkanes of at least 4 members (excludes halogenated alkanes) is 6. The van der Waals surface area contributed by atoms with E-state index in [1.807, 2.05) is 31.3 Å². The second kappa shape index (κ2) is 12.4. The fraction of sp³-hybridized carbons (Fsp3) is 0.542. The van der Waals surface area contributed by atoms with E-state index in [0.717, 1.165) is 54.4 Å². The summed E-state index contributed by atoms with van der Waals surface area (Å²) in [5, 5.41) is 0. The SMILES string of the molecule is CCCCCCOc1ccc(-c2ccc(C)nc2)c(OCCCCCC)c1. The first-order chi connectivity index (χ1) is 13.2. The second-order valence-corrected chi connectivity index (χ2v) is 7.16. The van der Waals surface area contributed by atoms with Crippen LogP contribution in [0, 0.1) is 6.92 Å². The number of hydrogen-bond donors (Lipinski definition) is 0. The van der Waals surface area contributed by atoms with Crippen molar-refractivity contribution in [1.29, 1.82) is 0 Å². The summed E-state index contributed by atoms with van der Waals surface area (Å²) >= 11 is 0. The van der Waals surface area contributed by atoms with Crippen LogP contribution in [0.2, 0.25) is 0 Å². The summed E-state index contributed by atoms with van der Waals surface area (Å²) in [6, 6.07) is 10.3. The molecule has 0 aliphatic carbocycles. The molecule has 148 valence electrons. The predicted molar refractivity (Wildman–Crippen MR) is 114 cm³/mol. The molecular weight excluding hydrogens is 334 g/mol. The van der Waals surface area contributed by atoms with Gasteiger partial charge in [0, 0.05) is 29.1 Å². The molecule has 0 saturated carbocycles. The van der Waals surface area contributed by atoms with E-state index in [9.17, 15) is 0 Å². The van der Waals surface area contributed by atoms with Crippen molar-refractivity contribution in [3.63, 3.8) is 0 Å². The van der Waals surface area contributed by atoms with Crippen LogP contribution in [0.25, 0.3) is 11.1 Å². The van der Waals surface area contributed by atoms with E-state index in [1.54, 1.807) is 0 Å². The minimum Gasteiger partial charge on any atom is -0.493 e. The van der Waals surface area contributed by atoms with E-state index in [4.69, 9.17) is 9.47 Å². The average Bonchev–Trinajstić information content (AvgIpc) is 2.69. The molecular formula is C24H35NO2. The van der Waals surface area contributed by atoms with E-state index in [1.165, 1.54) is 38.5 Å². The summed E-state index contributed by atoms with van der Waals surface area (Å²) in [6.07, 6.45) is 11.6. The van der Waals surface area contributed by atoms with Crippen LogP contribution in [0.4, 0.5) is 0 Å². The van der Waals surface area contributed by atoms with Crippen LogP contribution in [0.15, 0.2) is 36.5 Å². The maximum Gasteiger partial charge on any atom is 0.130 e. The Labute approximate surface area is 165 Å². The molecule has 3 heteroatoms. The van der Waals surface area contributed by atoms with E-state index >= 15 is 0 Å². The lowest BCUT2D eigenvalue weighted by Gasteiger charge is -2.14. The van der Waals surface area contributed by atoms with Crippen molar-refractivity contribution in [2.75, 3.05) is 13.2 Å². The summed E-state index contributed by atoms with van der Waals surface area (Å²) in [5.74, 6) is 1.78. The van der Waals surface area contributed by atoms with Gasteiger partial charge in [-0.1, -0.05) is 58.4 Å². The molecule has 0 spiro atoms. The van der Waals surface area contributed by atoms with Gasteiger partial charge in [-0.05, 0) is 38.0 Å². The van der Waals surface area contributed by atoms with Gasteiger partial charge in [0.25, 0.3) is 0 Å². The van der Waals surface area contributed by atoms with Crippen molar-refractivity contribution >= 4 is 0 Å². The van der Waals surface area contributed by atoms with E-state index in [0.29, 0.717) is 0 Å². The highest BCUT2D eigenvalue weighted by Crippen LogP contribution is 2.33. The molecule has 0 aliphatic heterocycles. The first-order valence-corrected chi connectivity index (χ1v) is 10.6. The van der Waals surface area contributed by atoms with Crippen LogP contribution in [0.3, 0.4) is 0 Å². The number of pyridine rings is 1. The van der Waals surface area contributed by atoms with E-state index in [2.05, 4.69) is 31.0 Å². The first kappa shape index (κ1) is 21.3. The fourth-order valence-electron chi connectivity index (χ4n) is 3.01. The van der Waals surface area contributed by atoms with Crippen LogP contribution in [-0.4, -0.2) is 18.2 Å². The van der Waals surface area contributed by atoms with Crippen LogP contribution in [-0.2, 0) is 0 Å². The van der Waals surface area contributed by atoms with Crippen molar-refractivity contribution in [2.45, 2.75) is 72.1 Å². The smallest absolute Gasteiger partial charge is 0.130 e. The lowest BCUT2D eigenvalue weighted by atomic mass is 10.1. The fourth-order valence-corrected chi connectivity index (χ4v) is 3.01. The molecule has 0 radical (unpaired) electrons. The molecule has 0 unspecified atom stereocenters. The quantitative estimate of drug-likeness (QED) is 0.357. The Morgan fingerprint density at radius 2 is 1.48 bits per heavy atom. The minimum atomic E-state index is 0.742. The highest BCUT2D eigenvalue weighted by molar-refractivity contribution is 5.71. The van der Waals surface area contributed by atoms with Crippen LogP contribution in [0.1, 0.15) is 70.9 Å². The van der Waals surface area contributed by atoms with Gasteiger partial charge in [0.1, 0.15) is 11.5 Å². The van der Waals surface area contributed by atoms with Crippen molar-refractivity contribution in [3.8, 4) is 22.6 Å². The van der Waals surface area contributed by atoms with Gasteiger partial charge >= 0.3 is 0 Å². The van der Waals surface area contributed by atoms with Crippen molar-refractivity contribution in [3.05, 3.63) is 42.2 Å². The average molecular weight is 370 g/mol. The molecule has 2 rings (SSSR count). The summed E-state index contributed by atoms with van der Waals surface area (Å²) < 4.78 is 12.1. The molecule has 0 amide bonds. The highest BCUT2D eigenvalue weighted by Gasteiger charge is 2.09. The highest BCUT2D eigenvalue weighted by atomic mass is 16.5. The molecule has 3 nitrogen and oxygen atoms in total. The van der Waals surface area contributed by atoms with E-state index < -0.39 is 0 Å². The Bertz CT molecular complexity index is 652. The summed E-state index contributed by atoms with van der Waals surface area (Å²) in [6.45, 7) is 7.96. The first-order valence-electron chi connectivity index (χ1n) is 10.6. The maximum atomic E-state index is 6.15. The van der Waals surface area contributed by atoms with Crippen LogP contribution < -0.4 is 9.47 Å². The lowest BCUT2D eigenvalue weighted by Crippen LogP contribution is -2.01. The Morgan fingerprint density at radius 3 is 2.11 bits per heavy atom. The van der Waals surface area contributed by atoms with Crippen molar-refractivity contribution < 1.29 is 9.47 Å². The number of hydrogen-bond acceptors (Lipinski definition) is 3. The number of ether oxygens (including phenoxy) is 2. The number of aromatic nitrogens is 1. The zero-order valence-corrected chi connectivity index (χ0v) is 17.3. The molecule has 0 saturated heterocycles. The predicted octanol–water partition coefficient (Wildman–Crippen LogP) is 6.98. The number of benzene rings is 1. The Kier molecular flexibility index (Phi) is 9.75. The van der Waals surface area contributed by atoms with Gasteiger partial charge < -0.3 is 9.47 Å². The molecule has 0 aliphatic rings. The molecule has 0 fully saturated rings. The topological polar surface area (TPSA) is 31.4 Å². The number of nitrogens with zero attached hydrogens (tertiary/aromatic N) is 1. The second-order valence-electron chi connectivity index (χ2n) is 7.16. The molecule has 27 heavy (non-hydrogen) atoms. The third-order valence-corrected chi connectivity index (χ3v) is 4.70. The summed E-state index contributed by atoms with van der Waals surface area (Å²) in [5.41, 5.74) is 3.18. The lowest BCUT2D eigenvalue weighted by molar-refractivity contribution is 0.291. The molecule has 0 N–H and O–H groups in total. The van der Waals surface area contributed by atoms with Gasteiger partial charge in [-0.15, -0.1) is 0 Å². The normalized spacial score (nSPS) is 10.8. The molecule has 1 heterocycles. The largest absolute Gasteiger partial charge is 0.493 e. The monoisotopic (exact) mass is 369 g/mol.